The van der Waals surface area contributed by atoms with Crippen LogP contribution in [0.25, 0.3) is 10.2 Å². The minimum Gasteiger partial charge on any atom is -0.385 e. The first-order valence-electron chi connectivity index (χ1n) is 8.60. The molecule has 0 atom stereocenters. The zero-order valence-corrected chi connectivity index (χ0v) is 15.2. The largest absolute Gasteiger partial charge is 0.385 e. The third-order valence-corrected chi connectivity index (χ3v) is 5.58. The summed E-state index contributed by atoms with van der Waals surface area (Å²) < 4.78 is 6.07. The highest BCUT2D eigenvalue weighted by atomic mass is 32.1. The van der Waals surface area contributed by atoms with Crippen molar-refractivity contribution < 1.29 is 9.53 Å². The summed E-state index contributed by atoms with van der Waals surface area (Å²) in [4.78, 5) is 19.3. The maximum absolute atomic E-state index is 12.2. The van der Waals surface area contributed by atoms with Gasteiger partial charge in [0.15, 0.2) is 5.13 Å². The van der Waals surface area contributed by atoms with Crippen molar-refractivity contribution in [2.75, 3.05) is 38.3 Å². The van der Waals surface area contributed by atoms with Gasteiger partial charge in [-0.25, -0.2) is 4.98 Å². The van der Waals surface area contributed by atoms with Crippen LogP contribution in [0.4, 0.5) is 5.13 Å². The van der Waals surface area contributed by atoms with Crippen molar-refractivity contribution in [3.63, 3.8) is 0 Å². The smallest absolute Gasteiger partial charge is 0.251 e. The third-order valence-electron chi connectivity index (χ3n) is 4.50. The lowest BCUT2D eigenvalue weighted by Gasteiger charge is -2.29. The van der Waals surface area contributed by atoms with Gasteiger partial charge in [0.25, 0.3) is 5.91 Å². The number of anilines is 1. The number of carbonyl (C=O) groups excluding carboxylic acids is 1. The molecule has 1 aromatic carbocycles. The lowest BCUT2D eigenvalue weighted by atomic mass is 10.00. The lowest BCUT2D eigenvalue weighted by Crippen LogP contribution is -2.32. The molecule has 0 unspecified atom stereocenters. The number of thiazole rings is 1. The van der Waals surface area contributed by atoms with E-state index in [1.807, 2.05) is 18.2 Å². The van der Waals surface area contributed by atoms with Crippen LogP contribution >= 0.6 is 11.3 Å². The Morgan fingerprint density at radius 3 is 2.96 bits per heavy atom. The van der Waals surface area contributed by atoms with Gasteiger partial charge in [0, 0.05) is 38.9 Å². The van der Waals surface area contributed by atoms with Crippen molar-refractivity contribution in [3.05, 3.63) is 23.8 Å². The summed E-state index contributed by atoms with van der Waals surface area (Å²) in [5.41, 5.74) is 1.67. The fourth-order valence-electron chi connectivity index (χ4n) is 2.91. The first-order valence-corrected chi connectivity index (χ1v) is 9.41. The number of fused-ring (bicyclic) bond motifs is 1. The number of carbonyl (C=O) groups is 1. The molecule has 5 nitrogen and oxygen atoms in total. The van der Waals surface area contributed by atoms with Gasteiger partial charge in [-0.2, -0.15) is 0 Å². The highest BCUT2D eigenvalue weighted by Gasteiger charge is 2.19. The molecule has 0 spiro atoms. The van der Waals surface area contributed by atoms with Crippen molar-refractivity contribution in [1.29, 1.82) is 0 Å². The molecule has 2 heterocycles. The summed E-state index contributed by atoms with van der Waals surface area (Å²) >= 11 is 1.68. The Morgan fingerprint density at radius 1 is 1.42 bits per heavy atom. The number of hydrogen-bond acceptors (Lipinski definition) is 5. The van der Waals surface area contributed by atoms with Gasteiger partial charge in [-0.05, 0) is 43.4 Å². The number of methoxy groups -OCH3 is 1. The molecule has 1 amide bonds. The summed E-state index contributed by atoms with van der Waals surface area (Å²) in [5, 5.41) is 4.01. The topological polar surface area (TPSA) is 54.5 Å². The number of nitrogens with one attached hydrogen (secondary N) is 1. The van der Waals surface area contributed by atoms with E-state index in [0.29, 0.717) is 18.7 Å². The number of piperidine rings is 1. The van der Waals surface area contributed by atoms with Crippen LogP contribution in [0.5, 0.6) is 0 Å². The summed E-state index contributed by atoms with van der Waals surface area (Å²) in [6, 6.07) is 5.76. The molecule has 2 aromatic rings. The van der Waals surface area contributed by atoms with Gasteiger partial charge in [0.1, 0.15) is 0 Å². The Bertz CT molecular complexity index is 693. The van der Waals surface area contributed by atoms with Crippen molar-refractivity contribution in [3.8, 4) is 0 Å². The first-order chi connectivity index (χ1) is 11.7. The molecule has 1 aliphatic rings. The Hall–Kier alpha value is -1.66. The SMILES string of the molecule is COCCCNC(=O)c1ccc2nc(N3CCC(C)CC3)sc2c1. The molecule has 0 radical (unpaired) electrons. The molecule has 0 saturated carbocycles. The predicted octanol–water partition coefficient (Wildman–Crippen LogP) is 3.30. The van der Waals surface area contributed by atoms with Crippen LogP contribution in [-0.2, 0) is 4.74 Å². The molecule has 1 saturated heterocycles. The van der Waals surface area contributed by atoms with Crippen LogP contribution in [0.1, 0.15) is 36.5 Å². The maximum atomic E-state index is 12.2. The average Bonchev–Trinajstić information content (AvgIpc) is 3.02. The minimum absolute atomic E-state index is 0.0326. The van der Waals surface area contributed by atoms with Gasteiger partial charge in [0.2, 0.25) is 0 Å². The Kier molecular flexibility index (Phi) is 5.68. The number of aromatic nitrogens is 1. The van der Waals surface area contributed by atoms with Crippen LogP contribution in [0, 0.1) is 5.92 Å². The molecule has 1 fully saturated rings. The number of ether oxygens (including phenoxy) is 1. The first kappa shape index (κ1) is 17.2. The van der Waals surface area contributed by atoms with Crippen molar-refractivity contribution in [1.82, 2.24) is 10.3 Å². The molecule has 1 N–H and O–H groups in total. The molecular formula is C18H25N3O2S. The van der Waals surface area contributed by atoms with Crippen LogP contribution in [-0.4, -0.2) is 44.2 Å². The Balaban J connectivity index is 1.68. The monoisotopic (exact) mass is 347 g/mol. The van der Waals surface area contributed by atoms with E-state index in [1.54, 1.807) is 18.4 Å². The van der Waals surface area contributed by atoms with E-state index in [1.165, 1.54) is 12.8 Å². The van der Waals surface area contributed by atoms with E-state index in [9.17, 15) is 4.79 Å². The van der Waals surface area contributed by atoms with E-state index >= 15 is 0 Å². The molecule has 130 valence electrons. The van der Waals surface area contributed by atoms with Crippen molar-refractivity contribution >= 4 is 32.6 Å². The standard InChI is InChI=1S/C18H25N3O2S/c1-13-6-9-21(10-7-13)18-20-15-5-4-14(12-16(15)24-18)17(22)19-8-3-11-23-2/h4-5,12-13H,3,6-11H2,1-2H3,(H,19,22). The molecular weight excluding hydrogens is 322 g/mol. The van der Waals surface area contributed by atoms with Gasteiger partial charge < -0.3 is 15.0 Å². The van der Waals surface area contributed by atoms with E-state index < -0.39 is 0 Å². The quantitative estimate of drug-likeness (QED) is 0.815. The number of amides is 1. The number of hydrogen-bond donors (Lipinski definition) is 1. The van der Waals surface area contributed by atoms with E-state index in [2.05, 4.69) is 17.1 Å². The van der Waals surface area contributed by atoms with Crippen LogP contribution in [0.2, 0.25) is 0 Å². The number of rotatable bonds is 6. The second-order valence-corrected chi connectivity index (χ2v) is 7.46. The van der Waals surface area contributed by atoms with E-state index in [4.69, 9.17) is 9.72 Å². The molecule has 0 bridgehead atoms. The molecule has 3 rings (SSSR count). The van der Waals surface area contributed by atoms with Crippen molar-refractivity contribution in [2.24, 2.45) is 5.92 Å². The number of benzene rings is 1. The summed E-state index contributed by atoms with van der Waals surface area (Å²) in [6.45, 7) is 5.76. The van der Waals surface area contributed by atoms with Crippen LogP contribution in [0.15, 0.2) is 18.2 Å². The highest BCUT2D eigenvalue weighted by Crippen LogP contribution is 2.31. The summed E-state index contributed by atoms with van der Waals surface area (Å²) in [7, 11) is 1.67. The van der Waals surface area contributed by atoms with Crippen LogP contribution in [0.3, 0.4) is 0 Å². The van der Waals surface area contributed by atoms with Crippen molar-refractivity contribution in [2.45, 2.75) is 26.2 Å². The zero-order valence-electron chi connectivity index (χ0n) is 14.4. The third kappa shape index (κ3) is 4.05. The van der Waals surface area contributed by atoms with Gasteiger partial charge in [0.05, 0.1) is 10.2 Å². The van der Waals surface area contributed by atoms with Gasteiger partial charge in [-0.15, -0.1) is 0 Å². The summed E-state index contributed by atoms with van der Waals surface area (Å²) in [6.07, 6.45) is 3.28. The second-order valence-electron chi connectivity index (χ2n) is 6.45. The predicted molar refractivity (Wildman–Crippen MR) is 99.1 cm³/mol. The Morgan fingerprint density at radius 2 is 2.21 bits per heavy atom. The second kappa shape index (κ2) is 7.94. The fourth-order valence-corrected chi connectivity index (χ4v) is 3.97. The molecule has 6 heteroatoms. The molecule has 24 heavy (non-hydrogen) atoms. The van der Waals surface area contributed by atoms with Gasteiger partial charge >= 0.3 is 0 Å². The molecule has 0 aliphatic carbocycles. The fraction of sp³-hybridized carbons (Fsp3) is 0.556. The molecule has 1 aromatic heterocycles. The van der Waals surface area contributed by atoms with Gasteiger partial charge in [-0.1, -0.05) is 18.3 Å². The summed E-state index contributed by atoms with van der Waals surface area (Å²) in [5.74, 6) is 0.777. The normalized spacial score (nSPS) is 15.8. The lowest BCUT2D eigenvalue weighted by molar-refractivity contribution is 0.0949. The van der Waals surface area contributed by atoms with Gasteiger partial charge in [-0.3, -0.25) is 4.79 Å². The minimum atomic E-state index is -0.0326. The molecule has 1 aliphatic heterocycles. The highest BCUT2D eigenvalue weighted by molar-refractivity contribution is 7.22. The van der Waals surface area contributed by atoms with E-state index in [0.717, 1.165) is 40.8 Å². The van der Waals surface area contributed by atoms with E-state index in [-0.39, 0.29) is 5.91 Å². The Labute approximate surface area is 147 Å². The van der Waals surface area contributed by atoms with Crippen LogP contribution < -0.4 is 10.2 Å². The zero-order chi connectivity index (χ0) is 16.9. The average molecular weight is 347 g/mol. The maximum Gasteiger partial charge on any atom is 0.251 e. The number of nitrogens with zero attached hydrogens (tertiary/aromatic N) is 2.